The maximum atomic E-state index is 14.9. The minimum Gasteiger partial charge on any atom is -0.373 e. The molecule has 4 rings (SSSR count). The first-order valence-corrected chi connectivity index (χ1v) is 8.07. The molecule has 0 aliphatic carbocycles. The number of rotatable bonds is 3. The highest BCUT2D eigenvalue weighted by Crippen LogP contribution is 2.42. The molecule has 0 aliphatic heterocycles. The number of nitrogens with zero attached hydrogens (tertiary/aromatic N) is 4. The van der Waals surface area contributed by atoms with E-state index in [9.17, 15) is 4.39 Å². The van der Waals surface area contributed by atoms with Crippen LogP contribution in [0.5, 0.6) is 0 Å². The monoisotopic (exact) mass is 358 g/mol. The van der Waals surface area contributed by atoms with Gasteiger partial charge in [-0.3, -0.25) is 5.10 Å². The van der Waals surface area contributed by atoms with Crippen LogP contribution in [0.15, 0.2) is 30.7 Å². The van der Waals surface area contributed by atoms with Gasteiger partial charge in [0.1, 0.15) is 17.2 Å². The molecule has 8 heteroatoms. The molecule has 6 nitrogen and oxygen atoms in total. The number of aromatic nitrogens is 4. The van der Waals surface area contributed by atoms with Crippen LogP contribution >= 0.6 is 11.6 Å². The van der Waals surface area contributed by atoms with Crippen LogP contribution < -0.4 is 10.2 Å². The van der Waals surface area contributed by atoms with Gasteiger partial charge in [0.2, 0.25) is 0 Å². The Kier molecular flexibility index (Phi) is 3.54. The Morgan fingerprint density at radius 3 is 2.80 bits per heavy atom. The van der Waals surface area contributed by atoms with E-state index in [1.165, 1.54) is 0 Å². The third kappa shape index (κ3) is 2.31. The maximum absolute atomic E-state index is 14.9. The van der Waals surface area contributed by atoms with Gasteiger partial charge in [-0.25, -0.2) is 9.37 Å². The summed E-state index contributed by atoms with van der Waals surface area (Å²) in [7, 11) is 5.35. The molecule has 0 saturated carbocycles. The number of aromatic amines is 1. The van der Waals surface area contributed by atoms with E-state index in [2.05, 4.69) is 20.5 Å². The second-order valence-electron chi connectivity index (χ2n) is 5.96. The summed E-state index contributed by atoms with van der Waals surface area (Å²) in [4.78, 5) is 6.10. The molecule has 0 aliphatic rings. The maximum Gasteiger partial charge on any atom is 0.167 e. The van der Waals surface area contributed by atoms with Crippen LogP contribution in [0.4, 0.5) is 15.9 Å². The molecular formula is C17H16ClFN6. The fraction of sp³-hybridized carbons (Fsp3) is 0.176. The van der Waals surface area contributed by atoms with Crippen molar-refractivity contribution in [3.63, 3.8) is 0 Å². The molecule has 0 amide bonds. The van der Waals surface area contributed by atoms with E-state index < -0.39 is 5.82 Å². The van der Waals surface area contributed by atoms with Gasteiger partial charge in [-0.15, -0.1) is 0 Å². The Morgan fingerprint density at radius 2 is 2.08 bits per heavy atom. The normalized spacial score (nSPS) is 11.4. The second kappa shape index (κ2) is 5.63. The number of hydrogen-bond donors (Lipinski definition) is 2. The number of anilines is 2. The molecule has 4 aromatic rings. The first-order valence-electron chi connectivity index (χ1n) is 7.69. The van der Waals surface area contributed by atoms with Gasteiger partial charge in [0.05, 0.1) is 22.9 Å². The SMILES string of the molecule is CNc1cn2cc(-c3c(Cl)c(F)c(N(C)C)c4[nH]ncc34)ccc2n1. The van der Waals surface area contributed by atoms with E-state index in [4.69, 9.17) is 11.6 Å². The predicted octanol–water partition coefficient (Wildman–Crippen LogP) is 3.78. The van der Waals surface area contributed by atoms with Crippen molar-refractivity contribution >= 4 is 39.7 Å². The number of fused-ring (bicyclic) bond motifs is 2. The van der Waals surface area contributed by atoms with E-state index in [0.717, 1.165) is 22.4 Å². The standard InChI is InChI=1S/C17H16ClFN6/c1-20-11-8-25-7-9(4-5-12(25)22-11)13-10-6-21-23-16(10)17(24(2)3)15(19)14(13)18/h4-8,20H,1-3H3,(H,21,23). The summed E-state index contributed by atoms with van der Waals surface area (Å²) in [5.74, 6) is 0.283. The molecule has 128 valence electrons. The molecule has 0 unspecified atom stereocenters. The second-order valence-corrected chi connectivity index (χ2v) is 6.34. The summed E-state index contributed by atoms with van der Waals surface area (Å²) in [6, 6.07) is 3.75. The molecule has 0 fully saturated rings. The van der Waals surface area contributed by atoms with Gasteiger partial charge in [-0.2, -0.15) is 5.10 Å². The number of nitrogens with one attached hydrogen (secondary N) is 2. The van der Waals surface area contributed by atoms with Crippen molar-refractivity contribution < 1.29 is 4.39 Å². The topological polar surface area (TPSA) is 61.2 Å². The Hall–Kier alpha value is -2.80. The number of imidazole rings is 1. The van der Waals surface area contributed by atoms with E-state index in [1.807, 2.05) is 36.0 Å². The average molecular weight is 359 g/mol. The molecular weight excluding hydrogens is 343 g/mol. The summed E-state index contributed by atoms with van der Waals surface area (Å²) in [6.07, 6.45) is 5.41. The van der Waals surface area contributed by atoms with Gasteiger partial charge < -0.3 is 14.6 Å². The van der Waals surface area contributed by atoms with Gasteiger partial charge in [0.15, 0.2) is 5.82 Å². The Bertz CT molecular complexity index is 1100. The van der Waals surface area contributed by atoms with E-state index >= 15 is 0 Å². The van der Waals surface area contributed by atoms with Crippen molar-refractivity contribution in [1.82, 2.24) is 19.6 Å². The molecule has 0 atom stereocenters. The van der Waals surface area contributed by atoms with Crippen molar-refractivity contribution in [3.05, 3.63) is 41.6 Å². The minimum absolute atomic E-state index is 0.0749. The lowest BCUT2D eigenvalue weighted by molar-refractivity contribution is 0.628. The zero-order chi connectivity index (χ0) is 17.7. The van der Waals surface area contributed by atoms with Gasteiger partial charge in [0.25, 0.3) is 0 Å². The zero-order valence-corrected chi connectivity index (χ0v) is 14.7. The summed E-state index contributed by atoms with van der Waals surface area (Å²) in [6.45, 7) is 0. The molecule has 2 N–H and O–H groups in total. The van der Waals surface area contributed by atoms with Crippen molar-refractivity contribution in [2.75, 3.05) is 31.4 Å². The third-order valence-electron chi connectivity index (χ3n) is 4.21. The van der Waals surface area contributed by atoms with Gasteiger partial charge in [0, 0.05) is 43.9 Å². The Morgan fingerprint density at radius 1 is 1.28 bits per heavy atom. The predicted molar refractivity (Wildman–Crippen MR) is 99.1 cm³/mol. The van der Waals surface area contributed by atoms with Crippen LogP contribution in [-0.4, -0.2) is 40.7 Å². The van der Waals surface area contributed by atoms with Crippen molar-refractivity contribution in [2.24, 2.45) is 0 Å². The molecule has 0 saturated heterocycles. The summed E-state index contributed by atoms with van der Waals surface area (Å²) >= 11 is 6.42. The largest absolute Gasteiger partial charge is 0.373 e. The quantitative estimate of drug-likeness (QED) is 0.585. The molecule has 25 heavy (non-hydrogen) atoms. The lowest BCUT2D eigenvalue weighted by Gasteiger charge is -2.18. The van der Waals surface area contributed by atoms with Crippen LogP contribution in [0.25, 0.3) is 27.7 Å². The van der Waals surface area contributed by atoms with E-state index in [-0.39, 0.29) is 5.02 Å². The Labute approximate surface area is 148 Å². The first kappa shape index (κ1) is 15.7. The highest BCUT2D eigenvalue weighted by molar-refractivity contribution is 6.36. The molecule has 0 radical (unpaired) electrons. The number of halogens is 2. The highest BCUT2D eigenvalue weighted by Gasteiger charge is 2.22. The summed E-state index contributed by atoms with van der Waals surface area (Å²) in [5.41, 5.74) is 3.19. The summed E-state index contributed by atoms with van der Waals surface area (Å²) < 4.78 is 16.8. The third-order valence-corrected chi connectivity index (χ3v) is 4.56. The van der Waals surface area contributed by atoms with Crippen LogP contribution in [-0.2, 0) is 0 Å². The number of pyridine rings is 1. The smallest absolute Gasteiger partial charge is 0.167 e. The molecule has 1 aromatic carbocycles. The lowest BCUT2D eigenvalue weighted by Crippen LogP contribution is -2.12. The zero-order valence-electron chi connectivity index (χ0n) is 13.9. The van der Waals surface area contributed by atoms with Gasteiger partial charge >= 0.3 is 0 Å². The minimum atomic E-state index is -0.472. The van der Waals surface area contributed by atoms with Gasteiger partial charge in [-0.1, -0.05) is 11.6 Å². The van der Waals surface area contributed by atoms with Gasteiger partial charge in [-0.05, 0) is 12.1 Å². The van der Waals surface area contributed by atoms with Crippen molar-refractivity contribution in [2.45, 2.75) is 0 Å². The van der Waals surface area contributed by atoms with Crippen LogP contribution in [0.1, 0.15) is 0 Å². The number of benzene rings is 1. The molecule has 3 aromatic heterocycles. The van der Waals surface area contributed by atoms with Crippen LogP contribution in [0.2, 0.25) is 5.02 Å². The first-order chi connectivity index (χ1) is 12.0. The molecule has 3 heterocycles. The van der Waals surface area contributed by atoms with E-state index in [0.29, 0.717) is 16.8 Å². The number of hydrogen-bond acceptors (Lipinski definition) is 4. The highest BCUT2D eigenvalue weighted by atomic mass is 35.5. The lowest BCUT2D eigenvalue weighted by atomic mass is 10.0. The summed E-state index contributed by atoms with van der Waals surface area (Å²) in [5, 5.41) is 10.8. The molecule has 0 spiro atoms. The van der Waals surface area contributed by atoms with Crippen LogP contribution in [0.3, 0.4) is 0 Å². The van der Waals surface area contributed by atoms with Crippen LogP contribution in [0, 0.1) is 5.82 Å². The fourth-order valence-electron chi connectivity index (χ4n) is 3.06. The number of H-pyrrole nitrogens is 1. The average Bonchev–Trinajstić information content (AvgIpc) is 3.21. The molecule has 0 bridgehead atoms. The van der Waals surface area contributed by atoms with Crippen molar-refractivity contribution in [1.29, 1.82) is 0 Å². The Balaban J connectivity index is 2.02. The van der Waals surface area contributed by atoms with E-state index in [1.54, 1.807) is 25.2 Å². The fourth-order valence-corrected chi connectivity index (χ4v) is 3.36. The van der Waals surface area contributed by atoms with Crippen molar-refractivity contribution in [3.8, 4) is 11.1 Å².